The van der Waals surface area contributed by atoms with Gasteiger partial charge in [-0.05, 0) is 81.2 Å². The molecule has 1 aliphatic carbocycles. The Bertz CT molecular complexity index is 1790. The number of hydrogen-bond donors (Lipinski definition) is 2. The Balaban J connectivity index is 1.29. The van der Waals surface area contributed by atoms with Crippen LogP contribution in [-0.4, -0.2) is 39.9 Å². The molecule has 0 amide bonds. The Morgan fingerprint density at radius 3 is 2.84 bits per heavy atom. The van der Waals surface area contributed by atoms with Crippen LogP contribution < -0.4 is 4.74 Å². The number of imidazole rings is 1. The minimum Gasteiger partial charge on any atom is -0.490 e. The zero-order valence-corrected chi connectivity index (χ0v) is 25.4. The van der Waals surface area contributed by atoms with Crippen LogP contribution in [0.5, 0.6) is 11.5 Å². The fourth-order valence-corrected chi connectivity index (χ4v) is 6.71. The number of ether oxygens (including phenoxy) is 3. The molecular formula is C33H32F3N3O4S. The number of benzene rings is 2. The number of aromatic nitrogens is 3. The highest BCUT2D eigenvalue weighted by atomic mass is 32.2. The van der Waals surface area contributed by atoms with Gasteiger partial charge in [-0.3, -0.25) is 4.79 Å². The highest BCUT2D eigenvalue weighted by molar-refractivity contribution is 7.99. The molecule has 0 spiro atoms. The lowest BCUT2D eigenvalue weighted by Gasteiger charge is -2.35. The van der Waals surface area contributed by atoms with Crippen molar-refractivity contribution in [1.82, 2.24) is 15.0 Å². The molecule has 3 heterocycles. The first-order valence-corrected chi connectivity index (χ1v) is 15.8. The molecule has 6 rings (SSSR count). The number of nitrogens with one attached hydrogen (secondary N) is 2. The smallest absolute Gasteiger partial charge is 0.306 e. The summed E-state index contributed by atoms with van der Waals surface area (Å²) in [5, 5.41) is 0.491. The van der Waals surface area contributed by atoms with Crippen LogP contribution in [0.1, 0.15) is 57.6 Å². The number of allylic oxidation sites excluding steroid dienone is 3. The fourth-order valence-electron chi connectivity index (χ4n) is 6.00. The molecule has 2 aliphatic rings. The Labute approximate surface area is 256 Å². The molecule has 0 radical (unpaired) electrons. The molecule has 44 heavy (non-hydrogen) atoms. The lowest BCUT2D eigenvalue weighted by Crippen LogP contribution is -2.25. The molecule has 2 N–H and O–H groups in total. The maximum atomic E-state index is 15.2. The Morgan fingerprint density at radius 1 is 1.20 bits per heavy atom. The number of H-pyrrole nitrogens is 2. The highest BCUT2D eigenvalue weighted by Crippen LogP contribution is 2.45. The van der Waals surface area contributed by atoms with Gasteiger partial charge in [0.2, 0.25) is 5.82 Å². The second-order valence-electron chi connectivity index (χ2n) is 10.8. The van der Waals surface area contributed by atoms with Crippen molar-refractivity contribution in [1.29, 1.82) is 0 Å². The topological polar surface area (TPSA) is 89.2 Å². The van der Waals surface area contributed by atoms with Crippen molar-refractivity contribution in [2.75, 3.05) is 12.9 Å². The summed E-state index contributed by atoms with van der Waals surface area (Å²) in [5.41, 5.74) is 3.13. The fraction of sp³-hybridized carbons (Fsp3) is 0.333. The van der Waals surface area contributed by atoms with Gasteiger partial charge in [-0.2, -0.15) is 4.39 Å². The van der Waals surface area contributed by atoms with E-state index < -0.39 is 17.5 Å². The van der Waals surface area contributed by atoms with Gasteiger partial charge in [0.1, 0.15) is 23.2 Å². The standard InChI is InChI=1S/C33H32F3N3O4S/c1-4-41-26(40)11-8-18-6-5-7-20-22(14-17(2)42-30(18)20)25-16-38-33(39-25)23-15-19(9-10-24(23)34)43-31-28(36)27(35)29-21(12-13-37-29)32(31)44-3/h6,9-10,12-13,15-17,22,37H,4-5,7-8,11,14H2,1-3H3,(H,38,39)/t17-,22?/m1/s1. The molecule has 0 saturated carbocycles. The number of hydrogen-bond acceptors (Lipinski definition) is 6. The van der Waals surface area contributed by atoms with Gasteiger partial charge in [-0.25, -0.2) is 13.8 Å². The van der Waals surface area contributed by atoms with E-state index in [1.807, 2.05) is 6.92 Å². The number of rotatable bonds is 9. The predicted molar refractivity (Wildman–Crippen MR) is 162 cm³/mol. The van der Waals surface area contributed by atoms with Gasteiger partial charge in [0.15, 0.2) is 11.6 Å². The first kappa shape index (κ1) is 29.9. The first-order chi connectivity index (χ1) is 21.3. The molecule has 0 saturated heterocycles. The number of halogens is 3. The largest absolute Gasteiger partial charge is 0.490 e. The van der Waals surface area contributed by atoms with Gasteiger partial charge in [0.05, 0.1) is 28.7 Å². The van der Waals surface area contributed by atoms with Crippen LogP contribution in [0.15, 0.2) is 64.5 Å². The van der Waals surface area contributed by atoms with Crippen molar-refractivity contribution in [2.45, 2.75) is 62.9 Å². The SMILES string of the molecule is CCOC(=O)CCC1=CCCC2=C1O[C@H](C)CC2c1cnc(-c2cc(Oc3c(F)c(F)c4[nH]ccc4c3SC)ccc2F)[nH]1. The molecule has 230 valence electrons. The van der Waals surface area contributed by atoms with Crippen molar-refractivity contribution < 1.29 is 32.2 Å². The van der Waals surface area contributed by atoms with Crippen molar-refractivity contribution in [3.63, 3.8) is 0 Å². The van der Waals surface area contributed by atoms with E-state index in [1.165, 1.54) is 36.2 Å². The van der Waals surface area contributed by atoms with Crippen LogP contribution in [0.25, 0.3) is 22.3 Å². The molecule has 0 fully saturated rings. The number of fused-ring (bicyclic) bond motifs is 1. The normalized spacial score (nSPS) is 18.2. The summed E-state index contributed by atoms with van der Waals surface area (Å²) >= 11 is 1.22. The molecule has 1 unspecified atom stereocenters. The zero-order valence-electron chi connectivity index (χ0n) is 24.6. The summed E-state index contributed by atoms with van der Waals surface area (Å²) in [6, 6.07) is 5.66. The molecule has 7 nitrogen and oxygen atoms in total. The number of carbonyl (C=O) groups excluding carboxylic acids is 1. The lowest BCUT2D eigenvalue weighted by molar-refractivity contribution is -0.143. The van der Waals surface area contributed by atoms with Crippen molar-refractivity contribution >= 4 is 28.6 Å². The quantitative estimate of drug-likeness (QED) is 0.143. The average Bonchev–Trinajstić information content (AvgIpc) is 3.70. The third kappa shape index (κ3) is 5.60. The molecule has 0 bridgehead atoms. The van der Waals surface area contributed by atoms with Crippen molar-refractivity contribution in [3.05, 3.63) is 82.8 Å². The van der Waals surface area contributed by atoms with Gasteiger partial charge >= 0.3 is 5.97 Å². The molecular weight excluding hydrogens is 591 g/mol. The second kappa shape index (κ2) is 12.5. The van der Waals surface area contributed by atoms with Crippen LogP contribution in [0, 0.1) is 17.5 Å². The number of aromatic amines is 2. The summed E-state index contributed by atoms with van der Waals surface area (Å²) in [6.07, 6.45) is 10.2. The third-order valence-electron chi connectivity index (χ3n) is 8.00. The first-order valence-electron chi connectivity index (χ1n) is 14.6. The van der Waals surface area contributed by atoms with E-state index in [2.05, 4.69) is 21.0 Å². The minimum absolute atomic E-state index is 0.0296. The predicted octanol–water partition coefficient (Wildman–Crippen LogP) is 8.70. The summed E-state index contributed by atoms with van der Waals surface area (Å²) in [7, 11) is 0. The van der Waals surface area contributed by atoms with Gasteiger partial charge in [0, 0.05) is 35.8 Å². The Hall–Kier alpha value is -4.12. The molecule has 2 aromatic carbocycles. The summed E-state index contributed by atoms with van der Waals surface area (Å²) in [5.74, 6) is -2.01. The number of esters is 1. The number of carbonyl (C=O) groups is 1. The number of nitrogens with zero attached hydrogens (tertiary/aromatic N) is 1. The van der Waals surface area contributed by atoms with E-state index >= 15 is 8.78 Å². The zero-order chi connectivity index (χ0) is 31.0. The number of thioether (sulfide) groups is 1. The summed E-state index contributed by atoms with van der Waals surface area (Å²) in [4.78, 5) is 22.9. The van der Waals surface area contributed by atoms with Gasteiger partial charge < -0.3 is 24.2 Å². The van der Waals surface area contributed by atoms with Gasteiger partial charge in [-0.15, -0.1) is 11.8 Å². The van der Waals surface area contributed by atoms with Crippen LogP contribution in [0.4, 0.5) is 13.2 Å². The third-order valence-corrected chi connectivity index (χ3v) is 8.81. The average molecular weight is 624 g/mol. The van der Waals surface area contributed by atoms with Gasteiger partial charge in [-0.1, -0.05) is 6.08 Å². The Kier molecular flexibility index (Phi) is 8.48. The molecule has 4 aromatic rings. The van der Waals surface area contributed by atoms with Crippen LogP contribution >= 0.6 is 11.8 Å². The van der Waals surface area contributed by atoms with E-state index in [4.69, 9.17) is 14.2 Å². The van der Waals surface area contributed by atoms with Crippen LogP contribution in [-0.2, 0) is 14.3 Å². The maximum absolute atomic E-state index is 15.2. The van der Waals surface area contributed by atoms with E-state index in [0.717, 1.165) is 35.4 Å². The van der Waals surface area contributed by atoms with Crippen molar-refractivity contribution in [2.24, 2.45) is 0 Å². The van der Waals surface area contributed by atoms with E-state index in [1.54, 1.807) is 25.4 Å². The van der Waals surface area contributed by atoms with E-state index in [-0.39, 0.29) is 52.8 Å². The maximum Gasteiger partial charge on any atom is 0.306 e. The summed E-state index contributed by atoms with van der Waals surface area (Å²) < 4.78 is 62.3. The molecule has 1 aliphatic heterocycles. The second-order valence-corrected chi connectivity index (χ2v) is 11.6. The summed E-state index contributed by atoms with van der Waals surface area (Å²) in [6.45, 7) is 4.13. The highest BCUT2D eigenvalue weighted by Gasteiger charge is 2.34. The van der Waals surface area contributed by atoms with E-state index in [0.29, 0.717) is 29.7 Å². The molecule has 11 heteroatoms. The minimum atomic E-state index is -1.13. The molecule has 2 atom stereocenters. The van der Waals surface area contributed by atoms with Crippen molar-refractivity contribution in [3.8, 4) is 22.9 Å². The van der Waals surface area contributed by atoms with E-state index in [9.17, 15) is 9.18 Å². The van der Waals surface area contributed by atoms with Crippen LogP contribution in [0.3, 0.4) is 0 Å². The van der Waals surface area contributed by atoms with Gasteiger partial charge in [0.25, 0.3) is 0 Å². The monoisotopic (exact) mass is 623 g/mol. The van der Waals surface area contributed by atoms with Crippen LogP contribution in [0.2, 0.25) is 0 Å². The lowest BCUT2D eigenvalue weighted by atomic mass is 9.80. The molecule has 2 aromatic heterocycles. The Morgan fingerprint density at radius 2 is 2.05 bits per heavy atom.